The number of carbonyl (C=O) groups is 1. The lowest BCUT2D eigenvalue weighted by Crippen LogP contribution is -2.52. The Hall–Kier alpha value is -0.410. The predicted octanol–water partition coefficient (Wildman–Crippen LogP) is 3.33. The van der Waals surface area contributed by atoms with Crippen molar-refractivity contribution in [2.75, 3.05) is 6.54 Å². The number of aldehydes is 1. The summed E-state index contributed by atoms with van der Waals surface area (Å²) < 4.78 is 0. The van der Waals surface area contributed by atoms with Gasteiger partial charge in [0.15, 0.2) is 0 Å². The van der Waals surface area contributed by atoms with Crippen molar-refractivity contribution in [1.29, 1.82) is 0 Å². The molecule has 2 atom stereocenters. The van der Waals surface area contributed by atoms with E-state index >= 15 is 0 Å². The normalized spacial score (nSPS) is 22.1. The topological polar surface area (TPSA) is 29.5 Å². The maximum atomic E-state index is 10.6. The minimum atomic E-state index is 0.315. The highest BCUT2D eigenvalue weighted by atomic mass is 16.7. The van der Waals surface area contributed by atoms with Crippen LogP contribution in [0, 0.1) is 0 Å². The molecule has 0 aromatic rings. The number of hydrogen-bond acceptors (Lipinski definition) is 3. The summed E-state index contributed by atoms with van der Waals surface area (Å²) in [6, 6.07) is 0.315. The second kappa shape index (κ2) is 8.65. The molecule has 1 aliphatic heterocycles. The minimum Gasteiger partial charge on any atom is -0.303 e. The van der Waals surface area contributed by atoms with Crippen molar-refractivity contribution in [2.24, 2.45) is 0 Å². The largest absolute Gasteiger partial charge is 0.303 e. The van der Waals surface area contributed by atoms with Crippen molar-refractivity contribution in [3.05, 3.63) is 0 Å². The van der Waals surface area contributed by atoms with Crippen LogP contribution in [0.2, 0.25) is 0 Å². The molecule has 1 heterocycles. The van der Waals surface area contributed by atoms with Crippen molar-refractivity contribution >= 4 is 6.29 Å². The van der Waals surface area contributed by atoms with Crippen LogP contribution in [0.25, 0.3) is 0 Å². The lowest BCUT2D eigenvalue weighted by molar-refractivity contribution is -0.310. The van der Waals surface area contributed by atoms with Crippen LogP contribution in [-0.2, 0) is 9.63 Å². The van der Waals surface area contributed by atoms with Crippen LogP contribution >= 0.6 is 0 Å². The van der Waals surface area contributed by atoms with Crippen LogP contribution in [0.3, 0.4) is 0 Å². The molecule has 17 heavy (non-hydrogen) atoms. The molecule has 1 aliphatic rings. The number of carbonyl (C=O) groups excluding carboxylic acids is 1. The Morgan fingerprint density at radius 1 is 1.29 bits per heavy atom. The van der Waals surface area contributed by atoms with Gasteiger partial charge in [-0.25, -0.2) is 0 Å². The van der Waals surface area contributed by atoms with Crippen molar-refractivity contribution in [3.63, 3.8) is 0 Å². The van der Waals surface area contributed by atoms with Gasteiger partial charge < -0.3 is 4.79 Å². The third-order valence-electron chi connectivity index (χ3n) is 3.42. The Kier molecular flexibility index (Phi) is 7.45. The first-order valence-corrected chi connectivity index (χ1v) is 7.15. The van der Waals surface area contributed by atoms with Gasteiger partial charge in [0.2, 0.25) is 0 Å². The zero-order valence-corrected chi connectivity index (χ0v) is 11.4. The van der Waals surface area contributed by atoms with Gasteiger partial charge in [0, 0.05) is 12.5 Å². The number of hydrogen-bond donors (Lipinski definition) is 0. The maximum Gasteiger partial charge on any atom is 0.121 e. The summed E-state index contributed by atoms with van der Waals surface area (Å²) in [5.41, 5.74) is 0. The first kappa shape index (κ1) is 14.7. The molecule has 3 nitrogen and oxygen atoms in total. The third kappa shape index (κ3) is 5.64. The molecular weight excluding hydrogens is 214 g/mol. The zero-order valence-electron chi connectivity index (χ0n) is 11.4. The van der Waals surface area contributed by atoms with Crippen LogP contribution < -0.4 is 0 Å². The van der Waals surface area contributed by atoms with Gasteiger partial charge in [0.25, 0.3) is 0 Å². The molecule has 2 unspecified atom stereocenters. The number of rotatable bonds is 10. The van der Waals surface area contributed by atoms with E-state index in [1.807, 2.05) is 5.06 Å². The van der Waals surface area contributed by atoms with E-state index in [0.29, 0.717) is 18.6 Å². The van der Waals surface area contributed by atoms with Gasteiger partial charge in [-0.1, -0.05) is 45.4 Å². The predicted molar refractivity (Wildman–Crippen MR) is 69.7 cm³/mol. The Labute approximate surface area is 105 Å². The fourth-order valence-electron chi connectivity index (χ4n) is 2.36. The van der Waals surface area contributed by atoms with E-state index in [1.54, 1.807) is 0 Å². The Morgan fingerprint density at radius 3 is 2.53 bits per heavy atom. The Bertz CT molecular complexity index is 202. The van der Waals surface area contributed by atoms with E-state index in [9.17, 15) is 4.79 Å². The highest BCUT2D eigenvalue weighted by molar-refractivity contribution is 5.50. The number of nitrogens with zero attached hydrogens (tertiary/aromatic N) is 1. The SMILES string of the molecule is CCCCCCCCC(CC=O)N1CC(C)O1. The van der Waals surface area contributed by atoms with Crippen LogP contribution in [0.1, 0.15) is 65.2 Å². The summed E-state index contributed by atoms with van der Waals surface area (Å²) in [6.45, 7) is 5.29. The molecule has 100 valence electrons. The second-order valence-corrected chi connectivity index (χ2v) is 5.13. The van der Waals surface area contributed by atoms with Crippen LogP contribution in [-0.4, -0.2) is 30.0 Å². The van der Waals surface area contributed by atoms with E-state index in [2.05, 4.69) is 13.8 Å². The molecular formula is C14H27NO2. The highest BCUT2D eigenvalue weighted by Gasteiger charge is 2.30. The van der Waals surface area contributed by atoms with Crippen LogP contribution in [0.5, 0.6) is 0 Å². The van der Waals surface area contributed by atoms with Gasteiger partial charge in [-0.2, -0.15) is 5.06 Å². The quantitative estimate of drug-likeness (QED) is 0.434. The molecule has 0 spiro atoms. The molecule has 0 saturated carbocycles. The molecule has 0 amide bonds. The van der Waals surface area contributed by atoms with E-state index in [-0.39, 0.29) is 0 Å². The van der Waals surface area contributed by atoms with E-state index in [0.717, 1.165) is 19.3 Å². The van der Waals surface area contributed by atoms with Crippen molar-refractivity contribution in [2.45, 2.75) is 77.4 Å². The molecule has 3 heteroatoms. The van der Waals surface area contributed by atoms with Crippen molar-refractivity contribution in [3.8, 4) is 0 Å². The first-order valence-electron chi connectivity index (χ1n) is 7.15. The van der Waals surface area contributed by atoms with E-state index in [1.165, 1.54) is 38.5 Å². The van der Waals surface area contributed by atoms with Gasteiger partial charge in [0.05, 0.1) is 12.6 Å². The lowest BCUT2D eigenvalue weighted by Gasteiger charge is -2.41. The monoisotopic (exact) mass is 241 g/mol. The van der Waals surface area contributed by atoms with E-state index in [4.69, 9.17) is 4.84 Å². The third-order valence-corrected chi connectivity index (χ3v) is 3.42. The zero-order chi connectivity index (χ0) is 12.5. The van der Waals surface area contributed by atoms with Crippen molar-refractivity contribution in [1.82, 2.24) is 5.06 Å². The summed E-state index contributed by atoms with van der Waals surface area (Å²) in [5.74, 6) is 0. The molecule has 0 N–H and O–H groups in total. The van der Waals surface area contributed by atoms with Gasteiger partial charge in [-0.15, -0.1) is 0 Å². The molecule has 1 saturated heterocycles. The summed E-state index contributed by atoms with van der Waals surface area (Å²) >= 11 is 0. The Morgan fingerprint density at radius 2 is 1.94 bits per heavy atom. The highest BCUT2D eigenvalue weighted by Crippen LogP contribution is 2.21. The van der Waals surface area contributed by atoms with Crippen LogP contribution in [0.15, 0.2) is 0 Å². The van der Waals surface area contributed by atoms with Gasteiger partial charge in [-0.3, -0.25) is 4.84 Å². The smallest absolute Gasteiger partial charge is 0.121 e. The fourth-order valence-corrected chi connectivity index (χ4v) is 2.36. The lowest BCUT2D eigenvalue weighted by atomic mass is 10.0. The van der Waals surface area contributed by atoms with E-state index < -0.39 is 0 Å². The second-order valence-electron chi connectivity index (χ2n) is 5.13. The average molecular weight is 241 g/mol. The maximum absolute atomic E-state index is 10.6. The first-order chi connectivity index (χ1) is 8.27. The van der Waals surface area contributed by atoms with Crippen LogP contribution in [0.4, 0.5) is 0 Å². The minimum absolute atomic E-state index is 0.315. The van der Waals surface area contributed by atoms with Gasteiger partial charge in [-0.05, 0) is 13.3 Å². The summed E-state index contributed by atoms with van der Waals surface area (Å²) in [7, 11) is 0. The number of hydroxylamine groups is 2. The molecule has 0 bridgehead atoms. The van der Waals surface area contributed by atoms with Gasteiger partial charge in [0.1, 0.15) is 6.29 Å². The standard InChI is InChI=1S/C14H27NO2/c1-3-4-5-6-7-8-9-14(10-11-16)15-12-13(2)17-15/h11,13-14H,3-10,12H2,1-2H3. The Balaban J connectivity index is 2.06. The number of unbranched alkanes of at least 4 members (excludes halogenated alkanes) is 5. The molecule has 0 aliphatic carbocycles. The summed E-state index contributed by atoms with van der Waals surface area (Å²) in [5, 5.41) is 1.99. The molecule has 0 aromatic carbocycles. The fraction of sp³-hybridized carbons (Fsp3) is 0.929. The molecule has 0 aromatic heterocycles. The van der Waals surface area contributed by atoms with Crippen molar-refractivity contribution < 1.29 is 9.63 Å². The molecule has 1 rings (SSSR count). The molecule has 0 radical (unpaired) electrons. The molecule has 1 fully saturated rings. The summed E-state index contributed by atoms with van der Waals surface area (Å²) in [6.07, 6.45) is 10.9. The van der Waals surface area contributed by atoms with Gasteiger partial charge >= 0.3 is 0 Å². The average Bonchev–Trinajstić information content (AvgIpc) is 2.28. The summed E-state index contributed by atoms with van der Waals surface area (Å²) in [4.78, 5) is 16.2.